The molecule has 3 nitrogen and oxygen atoms in total. The van der Waals surface area contributed by atoms with Crippen molar-refractivity contribution in [1.29, 1.82) is 0 Å². The van der Waals surface area contributed by atoms with Crippen molar-refractivity contribution < 1.29 is 14.0 Å². The van der Waals surface area contributed by atoms with Crippen LogP contribution < -0.4 is 4.90 Å². The monoisotopic (exact) mass is 341 g/mol. The van der Waals surface area contributed by atoms with E-state index in [1.165, 1.54) is 17.0 Å². The number of hydrogen-bond acceptors (Lipinski definition) is 2. The van der Waals surface area contributed by atoms with E-state index in [4.69, 9.17) is 0 Å². The van der Waals surface area contributed by atoms with E-state index in [2.05, 4.69) is 15.9 Å². The fraction of sp³-hybridized carbons (Fsp3) is 0.467. The van der Waals surface area contributed by atoms with Gasteiger partial charge in [-0.05, 0) is 44.9 Å². The lowest BCUT2D eigenvalue weighted by molar-refractivity contribution is -0.134. The Morgan fingerprint density at radius 3 is 2.75 bits per heavy atom. The standard InChI is InChI=1S/C15H17BrFNO2/c1-15(2,16)13(19)12-7-4-8-18(14(12)20)11-6-3-5-10(17)9-11/h3,5-6,9,12H,4,7-8H2,1-2H3/t12-/m1/s1. The van der Waals surface area contributed by atoms with Crippen LogP contribution >= 0.6 is 15.9 Å². The third kappa shape index (κ3) is 3.08. The number of anilines is 1. The molecule has 108 valence electrons. The van der Waals surface area contributed by atoms with Crippen LogP contribution in [0.1, 0.15) is 26.7 Å². The van der Waals surface area contributed by atoms with Gasteiger partial charge in [0.2, 0.25) is 5.91 Å². The van der Waals surface area contributed by atoms with Gasteiger partial charge in [0.1, 0.15) is 5.82 Å². The highest BCUT2D eigenvalue weighted by Gasteiger charge is 2.40. The number of alkyl halides is 1. The van der Waals surface area contributed by atoms with Gasteiger partial charge in [-0.25, -0.2) is 4.39 Å². The van der Waals surface area contributed by atoms with Crippen molar-refractivity contribution in [1.82, 2.24) is 0 Å². The van der Waals surface area contributed by atoms with Crippen molar-refractivity contribution >= 4 is 33.3 Å². The van der Waals surface area contributed by atoms with Crippen LogP contribution in [0.25, 0.3) is 0 Å². The van der Waals surface area contributed by atoms with Gasteiger partial charge in [0.15, 0.2) is 5.78 Å². The lowest BCUT2D eigenvalue weighted by Gasteiger charge is -2.33. The van der Waals surface area contributed by atoms with Crippen LogP contribution in [0.3, 0.4) is 0 Å². The van der Waals surface area contributed by atoms with E-state index in [1.54, 1.807) is 26.0 Å². The van der Waals surface area contributed by atoms with E-state index >= 15 is 0 Å². The Morgan fingerprint density at radius 2 is 2.15 bits per heavy atom. The molecule has 1 fully saturated rings. The molecule has 1 aromatic carbocycles. The number of halogens is 2. The largest absolute Gasteiger partial charge is 0.312 e. The third-order valence-electron chi connectivity index (χ3n) is 3.46. The van der Waals surface area contributed by atoms with E-state index in [0.29, 0.717) is 18.7 Å². The summed E-state index contributed by atoms with van der Waals surface area (Å²) in [6, 6.07) is 5.91. The summed E-state index contributed by atoms with van der Waals surface area (Å²) in [5, 5.41) is 0. The van der Waals surface area contributed by atoms with Crippen LogP contribution in [0.2, 0.25) is 0 Å². The van der Waals surface area contributed by atoms with E-state index in [9.17, 15) is 14.0 Å². The van der Waals surface area contributed by atoms with Gasteiger partial charge < -0.3 is 4.90 Å². The number of Topliss-reactive ketones (excluding diaryl/α,β-unsaturated/α-hetero) is 1. The smallest absolute Gasteiger partial charge is 0.237 e. The van der Waals surface area contributed by atoms with Gasteiger partial charge in [0, 0.05) is 12.2 Å². The molecule has 0 radical (unpaired) electrons. The second-order valence-corrected chi connectivity index (χ2v) is 7.48. The minimum absolute atomic E-state index is 0.122. The minimum atomic E-state index is -0.724. The summed E-state index contributed by atoms with van der Waals surface area (Å²) in [7, 11) is 0. The number of benzene rings is 1. The molecule has 1 heterocycles. The summed E-state index contributed by atoms with van der Waals surface area (Å²) >= 11 is 3.31. The number of ketones is 1. The average molecular weight is 342 g/mol. The van der Waals surface area contributed by atoms with Gasteiger partial charge in [0.25, 0.3) is 0 Å². The molecule has 20 heavy (non-hydrogen) atoms. The maximum absolute atomic E-state index is 13.3. The Morgan fingerprint density at radius 1 is 1.45 bits per heavy atom. The van der Waals surface area contributed by atoms with E-state index in [-0.39, 0.29) is 17.5 Å². The first-order chi connectivity index (χ1) is 9.30. The van der Waals surface area contributed by atoms with Crippen LogP contribution in [0.5, 0.6) is 0 Å². The number of rotatable bonds is 3. The fourth-order valence-electron chi connectivity index (χ4n) is 2.43. The number of amides is 1. The van der Waals surface area contributed by atoms with Crippen LogP contribution in [0.4, 0.5) is 10.1 Å². The Hall–Kier alpha value is -1.23. The maximum Gasteiger partial charge on any atom is 0.237 e. The molecule has 0 spiro atoms. The molecule has 1 aromatic rings. The quantitative estimate of drug-likeness (QED) is 0.624. The maximum atomic E-state index is 13.3. The van der Waals surface area contributed by atoms with Gasteiger partial charge in [-0.3, -0.25) is 9.59 Å². The molecule has 1 aliphatic rings. The summed E-state index contributed by atoms with van der Waals surface area (Å²) in [6.45, 7) is 4.00. The number of nitrogens with zero attached hydrogens (tertiary/aromatic N) is 1. The predicted molar refractivity (Wildman–Crippen MR) is 79.5 cm³/mol. The Bertz CT molecular complexity index is 539. The summed E-state index contributed by atoms with van der Waals surface area (Å²) < 4.78 is 12.6. The van der Waals surface area contributed by atoms with Gasteiger partial charge in [-0.2, -0.15) is 0 Å². The fourth-order valence-corrected chi connectivity index (χ4v) is 2.71. The summed E-state index contributed by atoms with van der Waals surface area (Å²) in [6.07, 6.45) is 1.29. The number of hydrogen-bond donors (Lipinski definition) is 0. The number of carbonyl (C=O) groups is 2. The lowest BCUT2D eigenvalue weighted by atomic mass is 9.87. The molecule has 1 atom stereocenters. The lowest BCUT2D eigenvalue weighted by Crippen LogP contribution is -2.48. The van der Waals surface area contributed by atoms with Gasteiger partial charge in [-0.1, -0.05) is 22.0 Å². The molecule has 1 aliphatic heterocycles. The van der Waals surface area contributed by atoms with Crippen molar-refractivity contribution in [3.05, 3.63) is 30.1 Å². The molecule has 0 N–H and O–H groups in total. The highest BCUT2D eigenvalue weighted by molar-refractivity contribution is 9.10. The molecular weight excluding hydrogens is 325 g/mol. The Balaban J connectivity index is 2.25. The molecule has 0 saturated carbocycles. The molecule has 0 aliphatic carbocycles. The second-order valence-electron chi connectivity index (χ2n) is 5.50. The second kappa shape index (κ2) is 5.64. The molecular formula is C15H17BrFNO2. The van der Waals surface area contributed by atoms with Crippen molar-refractivity contribution in [3.63, 3.8) is 0 Å². The SMILES string of the molecule is CC(C)(Br)C(=O)[C@H]1CCCN(c2cccc(F)c2)C1=O. The van der Waals surface area contributed by atoms with Crippen LogP contribution in [0.15, 0.2) is 24.3 Å². The molecule has 1 amide bonds. The zero-order chi connectivity index (χ0) is 14.9. The van der Waals surface area contributed by atoms with Crippen LogP contribution in [0, 0.1) is 11.7 Å². The highest BCUT2D eigenvalue weighted by Crippen LogP contribution is 2.30. The first-order valence-electron chi connectivity index (χ1n) is 6.61. The first-order valence-corrected chi connectivity index (χ1v) is 7.40. The van der Waals surface area contributed by atoms with E-state index < -0.39 is 10.2 Å². The molecule has 2 rings (SSSR count). The average Bonchev–Trinajstić information content (AvgIpc) is 2.37. The predicted octanol–water partition coefficient (Wildman–Crippen LogP) is 3.31. The zero-order valence-corrected chi connectivity index (χ0v) is 13.1. The normalized spacial score (nSPS) is 20.1. The molecule has 0 aromatic heterocycles. The van der Waals surface area contributed by atoms with E-state index in [1.807, 2.05) is 0 Å². The van der Waals surface area contributed by atoms with Gasteiger partial charge in [0.05, 0.1) is 10.2 Å². The van der Waals surface area contributed by atoms with Crippen LogP contribution in [-0.2, 0) is 9.59 Å². The Labute approximate surface area is 126 Å². The van der Waals surface area contributed by atoms with E-state index in [0.717, 1.165) is 6.42 Å². The number of piperidine rings is 1. The van der Waals surface area contributed by atoms with Gasteiger partial charge in [-0.15, -0.1) is 0 Å². The highest BCUT2D eigenvalue weighted by atomic mass is 79.9. The van der Waals surface area contributed by atoms with Crippen LogP contribution in [-0.4, -0.2) is 22.6 Å². The number of carbonyl (C=O) groups excluding carboxylic acids is 2. The van der Waals surface area contributed by atoms with Crippen molar-refractivity contribution in [3.8, 4) is 0 Å². The summed E-state index contributed by atoms with van der Waals surface area (Å²) in [5.41, 5.74) is 0.514. The van der Waals surface area contributed by atoms with Crippen molar-refractivity contribution in [2.45, 2.75) is 31.0 Å². The topological polar surface area (TPSA) is 37.4 Å². The van der Waals surface area contributed by atoms with Crippen molar-refractivity contribution in [2.75, 3.05) is 11.4 Å². The molecule has 1 saturated heterocycles. The summed E-state index contributed by atoms with van der Waals surface area (Å²) in [4.78, 5) is 26.3. The Kier molecular flexibility index (Phi) is 4.28. The van der Waals surface area contributed by atoms with Crippen molar-refractivity contribution in [2.24, 2.45) is 5.92 Å². The summed E-state index contributed by atoms with van der Waals surface area (Å²) in [5.74, 6) is -1.39. The van der Waals surface area contributed by atoms with Gasteiger partial charge >= 0.3 is 0 Å². The minimum Gasteiger partial charge on any atom is -0.312 e. The molecule has 0 unspecified atom stereocenters. The molecule has 0 bridgehead atoms. The zero-order valence-electron chi connectivity index (χ0n) is 11.5. The molecule has 5 heteroatoms. The third-order valence-corrected chi connectivity index (χ3v) is 3.85. The first kappa shape index (κ1) is 15.2.